The molecule has 0 fully saturated rings. The summed E-state index contributed by atoms with van der Waals surface area (Å²) in [5.41, 5.74) is 2.26. The summed E-state index contributed by atoms with van der Waals surface area (Å²) in [5.74, 6) is 0.984. The number of imidazole rings is 1. The van der Waals surface area contributed by atoms with Crippen LogP contribution in [0.2, 0.25) is 0 Å². The quantitative estimate of drug-likeness (QED) is 0.807. The molecule has 0 aliphatic rings. The van der Waals surface area contributed by atoms with Crippen LogP contribution in [-0.2, 0) is 16.0 Å². The van der Waals surface area contributed by atoms with E-state index >= 15 is 0 Å². The number of nitrogens with zero attached hydrogens (tertiary/aromatic N) is 2. The summed E-state index contributed by atoms with van der Waals surface area (Å²) in [5, 5.41) is 3.40. The van der Waals surface area contributed by atoms with E-state index in [0.717, 1.165) is 30.3 Å². The van der Waals surface area contributed by atoms with Gasteiger partial charge in [0, 0.05) is 33.0 Å². The predicted octanol–water partition coefficient (Wildman–Crippen LogP) is 1.93. The first-order chi connectivity index (χ1) is 10.3. The molecule has 5 heteroatoms. The highest BCUT2D eigenvalue weighted by atomic mass is 16.5. The van der Waals surface area contributed by atoms with Crippen LogP contribution >= 0.6 is 0 Å². The summed E-state index contributed by atoms with van der Waals surface area (Å²) in [6.07, 6.45) is 1.97. The Hall–Kier alpha value is -1.69. The molecule has 2 rings (SSSR count). The van der Waals surface area contributed by atoms with Gasteiger partial charge < -0.3 is 14.8 Å². The highest BCUT2D eigenvalue weighted by Crippen LogP contribution is 2.14. The number of methoxy groups -OCH3 is 2. The van der Waals surface area contributed by atoms with Crippen molar-refractivity contribution in [3.63, 3.8) is 0 Å². The number of ether oxygens (including phenoxy) is 2. The summed E-state index contributed by atoms with van der Waals surface area (Å²) in [7, 11) is 3.38. The maximum atomic E-state index is 5.34. The van der Waals surface area contributed by atoms with Gasteiger partial charge in [0.25, 0.3) is 0 Å². The third-order valence-electron chi connectivity index (χ3n) is 3.39. The number of hydrogen-bond acceptors (Lipinski definition) is 4. The Morgan fingerprint density at radius 1 is 1.24 bits per heavy atom. The van der Waals surface area contributed by atoms with Crippen molar-refractivity contribution in [2.75, 3.05) is 27.4 Å². The monoisotopic (exact) mass is 289 g/mol. The van der Waals surface area contributed by atoms with Crippen molar-refractivity contribution in [2.24, 2.45) is 0 Å². The number of hydrogen-bond donors (Lipinski definition) is 1. The van der Waals surface area contributed by atoms with E-state index in [1.807, 2.05) is 31.3 Å². The van der Waals surface area contributed by atoms with Crippen LogP contribution in [0.25, 0.3) is 5.69 Å². The van der Waals surface area contributed by atoms with Crippen LogP contribution in [0.1, 0.15) is 11.5 Å². The molecule has 0 aliphatic heterocycles. The smallest absolute Gasteiger partial charge is 0.110 e. The summed E-state index contributed by atoms with van der Waals surface area (Å²) < 4.78 is 12.6. The Labute approximate surface area is 125 Å². The van der Waals surface area contributed by atoms with Crippen molar-refractivity contribution >= 4 is 0 Å². The van der Waals surface area contributed by atoms with Crippen LogP contribution < -0.4 is 5.32 Å². The van der Waals surface area contributed by atoms with Crippen molar-refractivity contribution in [3.8, 4) is 5.69 Å². The lowest BCUT2D eigenvalue weighted by Crippen LogP contribution is -2.31. The number of aromatic nitrogens is 2. The maximum absolute atomic E-state index is 5.34. The Kier molecular flexibility index (Phi) is 5.92. The first-order valence-corrected chi connectivity index (χ1v) is 7.07. The van der Waals surface area contributed by atoms with Crippen LogP contribution in [0.3, 0.4) is 0 Å². The van der Waals surface area contributed by atoms with Crippen molar-refractivity contribution in [3.05, 3.63) is 48.0 Å². The standard InChI is InChI=1S/C16H23N3O2/c1-13-18-10-15(9-17-11-16(21-3)12-20-2)19(13)14-7-5-4-6-8-14/h4-8,10,16-17H,9,11-12H2,1-3H3. The van der Waals surface area contributed by atoms with Crippen LogP contribution in [0.4, 0.5) is 0 Å². The first kappa shape index (κ1) is 15.7. The van der Waals surface area contributed by atoms with Gasteiger partial charge >= 0.3 is 0 Å². The minimum Gasteiger partial charge on any atom is -0.382 e. The van der Waals surface area contributed by atoms with Crippen molar-refractivity contribution < 1.29 is 9.47 Å². The minimum absolute atomic E-state index is 0.0594. The van der Waals surface area contributed by atoms with Crippen LogP contribution in [0.15, 0.2) is 36.5 Å². The molecule has 0 saturated heterocycles. The van der Waals surface area contributed by atoms with E-state index in [-0.39, 0.29) is 6.10 Å². The van der Waals surface area contributed by atoms with Crippen molar-refractivity contribution in [2.45, 2.75) is 19.6 Å². The van der Waals surface area contributed by atoms with Crippen molar-refractivity contribution in [1.29, 1.82) is 0 Å². The molecule has 0 bridgehead atoms. The Balaban J connectivity index is 2.02. The minimum atomic E-state index is 0.0594. The fourth-order valence-corrected chi connectivity index (χ4v) is 2.30. The van der Waals surface area contributed by atoms with Gasteiger partial charge in [-0.25, -0.2) is 4.98 Å². The highest BCUT2D eigenvalue weighted by molar-refractivity contribution is 5.35. The molecule has 0 radical (unpaired) electrons. The molecule has 1 unspecified atom stereocenters. The van der Waals surface area contributed by atoms with Crippen LogP contribution in [0, 0.1) is 6.92 Å². The van der Waals surface area contributed by atoms with Gasteiger partial charge in [0.15, 0.2) is 0 Å². The lowest BCUT2D eigenvalue weighted by Gasteiger charge is -2.16. The second kappa shape index (κ2) is 7.93. The van der Waals surface area contributed by atoms with E-state index < -0.39 is 0 Å². The molecule has 1 heterocycles. The molecule has 5 nitrogen and oxygen atoms in total. The molecule has 0 saturated carbocycles. The lowest BCUT2D eigenvalue weighted by molar-refractivity contribution is 0.0287. The van der Waals surface area contributed by atoms with E-state index in [4.69, 9.17) is 9.47 Å². The molecule has 1 atom stereocenters. The van der Waals surface area contributed by atoms with Crippen LogP contribution in [-0.4, -0.2) is 43.0 Å². The number of benzene rings is 1. The second-order valence-electron chi connectivity index (χ2n) is 4.91. The molecular weight excluding hydrogens is 266 g/mol. The summed E-state index contributed by atoms with van der Waals surface area (Å²) >= 11 is 0. The largest absolute Gasteiger partial charge is 0.382 e. The van der Waals surface area contributed by atoms with Gasteiger partial charge in [-0.2, -0.15) is 0 Å². The van der Waals surface area contributed by atoms with Crippen LogP contribution in [0.5, 0.6) is 0 Å². The fourth-order valence-electron chi connectivity index (χ4n) is 2.30. The van der Waals surface area contributed by atoms with E-state index in [1.54, 1.807) is 14.2 Å². The van der Waals surface area contributed by atoms with Gasteiger partial charge in [0.05, 0.1) is 24.6 Å². The first-order valence-electron chi connectivity index (χ1n) is 7.07. The Morgan fingerprint density at radius 2 is 2.00 bits per heavy atom. The third kappa shape index (κ3) is 4.14. The zero-order chi connectivity index (χ0) is 15.1. The maximum Gasteiger partial charge on any atom is 0.110 e. The zero-order valence-electron chi connectivity index (χ0n) is 12.9. The Bertz CT molecular complexity index is 540. The summed E-state index contributed by atoms with van der Waals surface area (Å²) in [4.78, 5) is 4.41. The molecule has 2 aromatic rings. The van der Waals surface area contributed by atoms with Gasteiger partial charge in [-0.1, -0.05) is 18.2 Å². The number of aryl methyl sites for hydroxylation is 1. The molecular formula is C16H23N3O2. The van der Waals surface area contributed by atoms with Crippen molar-refractivity contribution in [1.82, 2.24) is 14.9 Å². The number of nitrogens with one attached hydrogen (secondary N) is 1. The van der Waals surface area contributed by atoms with Gasteiger partial charge in [0.1, 0.15) is 5.82 Å². The normalized spacial score (nSPS) is 12.5. The van der Waals surface area contributed by atoms with E-state index in [0.29, 0.717) is 6.61 Å². The molecule has 0 spiro atoms. The van der Waals surface area contributed by atoms with Gasteiger partial charge in [0.2, 0.25) is 0 Å². The molecule has 1 aromatic heterocycles. The topological polar surface area (TPSA) is 48.3 Å². The summed E-state index contributed by atoms with van der Waals surface area (Å²) in [6.45, 7) is 4.07. The van der Waals surface area contributed by atoms with Gasteiger partial charge in [-0.05, 0) is 19.1 Å². The lowest BCUT2D eigenvalue weighted by atomic mass is 10.3. The zero-order valence-corrected chi connectivity index (χ0v) is 12.9. The van der Waals surface area contributed by atoms with E-state index in [1.165, 1.54) is 0 Å². The SMILES string of the molecule is COCC(CNCc1cnc(C)n1-c1ccccc1)OC. The molecule has 0 amide bonds. The molecule has 0 aliphatic carbocycles. The predicted molar refractivity (Wildman–Crippen MR) is 82.7 cm³/mol. The molecule has 1 aromatic carbocycles. The summed E-state index contributed by atoms with van der Waals surface area (Å²) in [6, 6.07) is 10.3. The Morgan fingerprint density at radius 3 is 2.67 bits per heavy atom. The highest BCUT2D eigenvalue weighted by Gasteiger charge is 2.10. The average molecular weight is 289 g/mol. The molecule has 114 valence electrons. The van der Waals surface area contributed by atoms with E-state index in [2.05, 4.69) is 27.0 Å². The average Bonchev–Trinajstić information content (AvgIpc) is 2.88. The van der Waals surface area contributed by atoms with E-state index in [9.17, 15) is 0 Å². The number of rotatable bonds is 8. The second-order valence-corrected chi connectivity index (χ2v) is 4.91. The van der Waals surface area contributed by atoms with Gasteiger partial charge in [-0.15, -0.1) is 0 Å². The fraction of sp³-hybridized carbons (Fsp3) is 0.438. The third-order valence-corrected chi connectivity index (χ3v) is 3.39. The molecule has 21 heavy (non-hydrogen) atoms. The number of para-hydroxylation sites is 1. The molecule has 1 N–H and O–H groups in total. The van der Waals surface area contributed by atoms with Gasteiger partial charge in [-0.3, -0.25) is 4.57 Å².